The van der Waals surface area contributed by atoms with E-state index >= 15 is 0 Å². The Bertz CT molecular complexity index is 555. The SMILES string of the molecule is Clc1ccccc1CC(Br)c1cc(Br)ccc1Cl. The van der Waals surface area contributed by atoms with Gasteiger partial charge in [-0.15, -0.1) is 0 Å². The topological polar surface area (TPSA) is 0 Å². The minimum absolute atomic E-state index is 0.141. The van der Waals surface area contributed by atoms with Crippen LogP contribution in [0.2, 0.25) is 10.0 Å². The first kappa shape index (κ1) is 14.4. The van der Waals surface area contributed by atoms with Crippen LogP contribution in [0.3, 0.4) is 0 Å². The lowest BCUT2D eigenvalue weighted by Crippen LogP contribution is -1.97. The molecule has 0 spiro atoms. The fraction of sp³-hybridized carbons (Fsp3) is 0.143. The Morgan fingerprint density at radius 3 is 2.44 bits per heavy atom. The summed E-state index contributed by atoms with van der Waals surface area (Å²) in [4.78, 5) is 0.141. The Morgan fingerprint density at radius 1 is 1.00 bits per heavy atom. The third kappa shape index (κ3) is 3.51. The van der Waals surface area contributed by atoms with Crippen LogP contribution >= 0.6 is 55.1 Å². The maximum Gasteiger partial charge on any atom is 0.0451 e. The van der Waals surface area contributed by atoms with Crippen molar-refractivity contribution in [2.24, 2.45) is 0 Å². The molecule has 0 saturated heterocycles. The van der Waals surface area contributed by atoms with Crippen LogP contribution in [0.1, 0.15) is 16.0 Å². The molecule has 0 saturated carbocycles. The number of benzene rings is 2. The molecular weight excluding hydrogens is 399 g/mol. The van der Waals surface area contributed by atoms with Gasteiger partial charge in [0, 0.05) is 19.3 Å². The van der Waals surface area contributed by atoms with Gasteiger partial charge in [0.1, 0.15) is 0 Å². The van der Waals surface area contributed by atoms with Gasteiger partial charge in [-0.3, -0.25) is 0 Å². The highest BCUT2D eigenvalue weighted by Crippen LogP contribution is 2.35. The van der Waals surface area contributed by atoms with Crippen molar-refractivity contribution in [2.75, 3.05) is 0 Å². The molecule has 18 heavy (non-hydrogen) atoms. The van der Waals surface area contributed by atoms with Gasteiger partial charge in [-0.1, -0.05) is 73.3 Å². The number of rotatable bonds is 3. The molecular formula is C14H10Br2Cl2. The second-order valence-corrected chi connectivity index (χ2v) is 6.76. The third-order valence-corrected chi connectivity index (χ3v) is 4.68. The smallest absolute Gasteiger partial charge is 0.0451 e. The summed E-state index contributed by atoms with van der Waals surface area (Å²) in [5, 5.41) is 1.54. The van der Waals surface area contributed by atoms with Crippen LogP contribution < -0.4 is 0 Å². The second kappa shape index (κ2) is 6.42. The lowest BCUT2D eigenvalue weighted by atomic mass is 10.0. The minimum atomic E-state index is 0.141. The molecule has 94 valence electrons. The lowest BCUT2D eigenvalue weighted by molar-refractivity contribution is 0.948. The molecule has 0 aromatic heterocycles. The number of hydrogen-bond acceptors (Lipinski definition) is 0. The first-order valence-corrected chi connectivity index (χ1v) is 7.87. The first-order chi connectivity index (χ1) is 8.58. The van der Waals surface area contributed by atoms with Crippen LogP contribution in [0.4, 0.5) is 0 Å². The zero-order chi connectivity index (χ0) is 13.1. The molecule has 2 aromatic rings. The predicted molar refractivity (Wildman–Crippen MR) is 86.0 cm³/mol. The van der Waals surface area contributed by atoms with Crippen molar-refractivity contribution in [3.05, 3.63) is 68.1 Å². The van der Waals surface area contributed by atoms with Crippen molar-refractivity contribution in [1.82, 2.24) is 0 Å². The number of hydrogen-bond donors (Lipinski definition) is 0. The van der Waals surface area contributed by atoms with Crippen LogP contribution in [-0.4, -0.2) is 0 Å². The number of halogens is 4. The van der Waals surface area contributed by atoms with E-state index in [-0.39, 0.29) is 4.83 Å². The van der Waals surface area contributed by atoms with Crippen LogP contribution in [0, 0.1) is 0 Å². The van der Waals surface area contributed by atoms with Crippen LogP contribution in [-0.2, 0) is 6.42 Å². The summed E-state index contributed by atoms with van der Waals surface area (Å²) in [6.45, 7) is 0. The summed E-state index contributed by atoms with van der Waals surface area (Å²) >= 11 is 19.5. The summed E-state index contributed by atoms with van der Waals surface area (Å²) in [5.74, 6) is 0. The Kier molecular flexibility index (Phi) is 5.14. The van der Waals surface area contributed by atoms with Gasteiger partial charge >= 0.3 is 0 Å². The van der Waals surface area contributed by atoms with E-state index in [0.29, 0.717) is 0 Å². The quantitative estimate of drug-likeness (QED) is 0.513. The van der Waals surface area contributed by atoms with Crippen molar-refractivity contribution in [2.45, 2.75) is 11.2 Å². The zero-order valence-corrected chi connectivity index (χ0v) is 14.0. The molecule has 0 nitrogen and oxygen atoms in total. The van der Waals surface area contributed by atoms with Gasteiger partial charge in [0.05, 0.1) is 0 Å². The zero-order valence-electron chi connectivity index (χ0n) is 9.34. The molecule has 0 fully saturated rings. The highest BCUT2D eigenvalue weighted by atomic mass is 79.9. The number of alkyl halides is 1. The molecule has 0 heterocycles. The van der Waals surface area contributed by atoms with E-state index < -0.39 is 0 Å². The molecule has 0 radical (unpaired) electrons. The van der Waals surface area contributed by atoms with Crippen molar-refractivity contribution >= 4 is 55.1 Å². The van der Waals surface area contributed by atoms with Crippen molar-refractivity contribution in [3.8, 4) is 0 Å². The maximum absolute atomic E-state index is 6.21. The fourth-order valence-corrected chi connectivity index (χ4v) is 3.42. The van der Waals surface area contributed by atoms with Gasteiger partial charge in [0.2, 0.25) is 0 Å². The lowest BCUT2D eigenvalue weighted by Gasteiger charge is -2.13. The molecule has 1 atom stereocenters. The Labute approximate surface area is 134 Å². The summed E-state index contributed by atoms with van der Waals surface area (Å²) in [5.41, 5.74) is 2.17. The van der Waals surface area contributed by atoms with E-state index in [2.05, 4.69) is 31.9 Å². The van der Waals surface area contributed by atoms with E-state index in [1.54, 1.807) is 0 Å². The summed E-state index contributed by atoms with van der Waals surface area (Å²) in [6, 6.07) is 13.7. The maximum atomic E-state index is 6.21. The van der Waals surface area contributed by atoms with Crippen LogP contribution in [0.5, 0.6) is 0 Å². The van der Waals surface area contributed by atoms with E-state index in [4.69, 9.17) is 23.2 Å². The predicted octanol–water partition coefficient (Wildman–Crippen LogP) is 6.43. The molecule has 2 rings (SSSR count). The molecule has 0 amide bonds. The van der Waals surface area contributed by atoms with Gasteiger partial charge < -0.3 is 0 Å². The molecule has 0 aliphatic rings. The molecule has 0 N–H and O–H groups in total. The third-order valence-electron chi connectivity index (χ3n) is 2.65. The van der Waals surface area contributed by atoms with E-state index in [1.807, 2.05) is 42.5 Å². The van der Waals surface area contributed by atoms with E-state index in [1.165, 1.54) is 0 Å². The van der Waals surface area contributed by atoms with Gasteiger partial charge in [-0.2, -0.15) is 0 Å². The average molecular weight is 409 g/mol. The summed E-state index contributed by atoms with van der Waals surface area (Å²) in [6.07, 6.45) is 0.801. The molecule has 2 aromatic carbocycles. The average Bonchev–Trinajstić information content (AvgIpc) is 2.35. The van der Waals surface area contributed by atoms with Crippen molar-refractivity contribution < 1.29 is 0 Å². The van der Waals surface area contributed by atoms with E-state index in [0.717, 1.165) is 32.1 Å². The van der Waals surface area contributed by atoms with Crippen molar-refractivity contribution in [1.29, 1.82) is 0 Å². The van der Waals surface area contributed by atoms with Crippen molar-refractivity contribution in [3.63, 3.8) is 0 Å². The normalized spacial score (nSPS) is 12.4. The molecule has 1 unspecified atom stereocenters. The van der Waals surface area contributed by atoms with Gasteiger partial charge in [0.25, 0.3) is 0 Å². The Hall–Kier alpha value is -0.0200. The van der Waals surface area contributed by atoms with Gasteiger partial charge in [0.15, 0.2) is 0 Å². The fourth-order valence-electron chi connectivity index (χ4n) is 1.72. The summed E-state index contributed by atoms with van der Waals surface area (Å²) < 4.78 is 1.02. The second-order valence-electron chi connectivity index (χ2n) is 3.93. The molecule has 0 aliphatic heterocycles. The molecule has 0 aliphatic carbocycles. The first-order valence-electron chi connectivity index (χ1n) is 5.40. The van der Waals surface area contributed by atoms with Crippen LogP contribution in [0.15, 0.2) is 46.9 Å². The van der Waals surface area contributed by atoms with Gasteiger partial charge in [-0.25, -0.2) is 0 Å². The Balaban J connectivity index is 2.25. The Morgan fingerprint density at radius 2 is 1.72 bits per heavy atom. The van der Waals surface area contributed by atoms with Crippen LogP contribution in [0.25, 0.3) is 0 Å². The molecule has 0 bridgehead atoms. The molecule has 4 heteroatoms. The highest BCUT2D eigenvalue weighted by molar-refractivity contribution is 9.10. The highest BCUT2D eigenvalue weighted by Gasteiger charge is 2.14. The minimum Gasteiger partial charge on any atom is -0.0840 e. The largest absolute Gasteiger partial charge is 0.0840 e. The van der Waals surface area contributed by atoms with E-state index in [9.17, 15) is 0 Å². The standard InChI is InChI=1S/C14H10Br2Cl2/c15-10-5-6-14(18)11(8-10)12(16)7-9-3-1-2-4-13(9)17/h1-6,8,12H,7H2. The monoisotopic (exact) mass is 406 g/mol. The summed E-state index contributed by atoms with van der Waals surface area (Å²) in [7, 11) is 0. The van der Waals surface area contributed by atoms with Gasteiger partial charge in [-0.05, 0) is 41.8 Å².